The third kappa shape index (κ3) is 22.7. The maximum Gasteiger partial charge on any atom is 0.245 e. The summed E-state index contributed by atoms with van der Waals surface area (Å²) in [6, 6.07) is -2.83. The van der Waals surface area contributed by atoms with Gasteiger partial charge in [0.25, 0.3) is 0 Å². The molecule has 0 unspecified atom stereocenters. The van der Waals surface area contributed by atoms with Crippen molar-refractivity contribution in [1.29, 1.82) is 0 Å². The molecule has 1 aromatic rings. The fourth-order valence-corrected chi connectivity index (χ4v) is 7.87. The van der Waals surface area contributed by atoms with Gasteiger partial charge >= 0.3 is 0 Å². The van der Waals surface area contributed by atoms with E-state index in [-0.39, 0.29) is 77.0 Å². The topological polar surface area (TPSA) is 406 Å². The van der Waals surface area contributed by atoms with Crippen molar-refractivity contribution in [2.45, 2.75) is 172 Å². The van der Waals surface area contributed by atoms with Crippen LogP contribution in [0, 0.1) is 5.92 Å². The Morgan fingerprint density at radius 1 is 0.653 bits per heavy atom. The maximum absolute atomic E-state index is 14.3. The summed E-state index contributed by atoms with van der Waals surface area (Å²) in [6.07, 6.45) is 1.52. The van der Waals surface area contributed by atoms with Crippen molar-refractivity contribution in [2.75, 3.05) is 32.7 Å². The number of carbonyl (C=O) groups excluding carboxylic acids is 9. The monoisotopic (exact) mass is 1020 g/mol. The van der Waals surface area contributed by atoms with Crippen molar-refractivity contribution in [3.8, 4) is 0 Å². The van der Waals surface area contributed by atoms with Gasteiger partial charge in [-0.3, -0.25) is 43.2 Å². The van der Waals surface area contributed by atoms with Crippen LogP contribution < -0.4 is 70.8 Å². The first-order valence-electron chi connectivity index (χ1n) is 25.2. The third-order valence-electron chi connectivity index (χ3n) is 11.9. The van der Waals surface area contributed by atoms with Gasteiger partial charge in [-0.15, -0.1) is 0 Å². The minimum absolute atomic E-state index is 0.0820. The second kappa shape index (κ2) is 33.8. The van der Waals surface area contributed by atoms with E-state index in [2.05, 4.69) is 54.8 Å². The van der Waals surface area contributed by atoms with Gasteiger partial charge < -0.3 is 81.0 Å². The summed E-state index contributed by atoms with van der Waals surface area (Å²) in [7, 11) is 0. The second-order valence-corrected chi connectivity index (χ2v) is 18.6. The van der Waals surface area contributed by atoms with Gasteiger partial charge in [-0.25, -0.2) is 0 Å². The number of hydrogen-bond donors (Lipinski definition) is 15. The van der Waals surface area contributed by atoms with Gasteiger partial charge in [-0.05, 0) is 76.6 Å². The molecule has 9 amide bonds. The van der Waals surface area contributed by atoms with Gasteiger partial charge in [0.05, 0.1) is 18.6 Å². The van der Waals surface area contributed by atoms with E-state index in [0.29, 0.717) is 18.4 Å². The first-order chi connectivity index (χ1) is 34.3. The van der Waals surface area contributed by atoms with Crippen molar-refractivity contribution < 1.29 is 53.4 Å². The number of aliphatic hydroxyl groups is 2. The molecule has 1 aromatic carbocycles. The van der Waals surface area contributed by atoms with E-state index < -0.39 is 120 Å². The zero-order valence-electron chi connectivity index (χ0n) is 42.3. The lowest BCUT2D eigenvalue weighted by Gasteiger charge is -2.28. The summed E-state index contributed by atoms with van der Waals surface area (Å²) in [5, 5.41) is 44.5. The first kappa shape index (κ1) is 62.3. The zero-order valence-corrected chi connectivity index (χ0v) is 42.3. The van der Waals surface area contributed by atoms with Crippen LogP contribution in [0.15, 0.2) is 30.3 Å². The number of nitrogens with two attached hydrogens (primary N) is 4. The van der Waals surface area contributed by atoms with E-state index in [9.17, 15) is 53.4 Å². The van der Waals surface area contributed by atoms with Crippen molar-refractivity contribution in [1.82, 2.24) is 47.9 Å². The molecule has 406 valence electrons. The van der Waals surface area contributed by atoms with E-state index in [4.69, 9.17) is 22.9 Å². The standard InChI is InChI=1S/C48H83N13O11/c1-5-6-7-8-12-15-31(63)26-39(64)54-38(27-52)47(71)57-35-19-23-53-41(65)36(24-28(2)3)59-43(67)32(16-20-49)55-42(66)34(18-22-51)58-48(72)40(29(4)62)61-46(70)37(25-30-13-10-9-11-14-30)60-44(68)33(17-21-50)56-45(35)69/h9-11,13-14,28-29,31-38,40,62-63H,5-8,12,15-27,49-52H2,1-4H3,(H,53,65)(H,54,64)(H,55,66)(H,56,69)(H,57,71)(H,58,72)(H,59,67)(H,60,68)(H,61,70)/t29-,31-,32+,33+,34+,35+,36+,37-,38-,40+/m1/s1. The molecule has 0 aliphatic carbocycles. The molecule has 1 aliphatic rings. The van der Waals surface area contributed by atoms with E-state index in [1.165, 1.54) is 6.92 Å². The average Bonchev–Trinajstić information content (AvgIpc) is 3.32. The van der Waals surface area contributed by atoms with E-state index in [0.717, 1.165) is 25.7 Å². The summed E-state index contributed by atoms with van der Waals surface area (Å²) in [5.41, 5.74) is 24.0. The molecule has 24 heteroatoms. The number of hydrogen-bond acceptors (Lipinski definition) is 15. The molecule has 2 rings (SSSR count). The molecule has 24 nitrogen and oxygen atoms in total. The Bertz CT molecular complexity index is 1890. The fraction of sp³-hybridized carbons (Fsp3) is 0.688. The Kier molecular flexibility index (Phi) is 29.2. The third-order valence-corrected chi connectivity index (χ3v) is 11.9. The first-order valence-corrected chi connectivity index (χ1v) is 25.2. The number of rotatable bonds is 23. The molecule has 10 atom stereocenters. The molecule has 72 heavy (non-hydrogen) atoms. The SMILES string of the molecule is CCCCCCC[C@@H](O)CC(=O)N[C@H](CN)C(=O)N[C@H]1CCNC(=O)[C@H](CC(C)C)NC(=O)[C@H](CCN)NC(=O)[C@H](CCN)NC(=O)[C@H]([C@@H](C)O)NC(=O)[C@@H](Cc2ccccc2)NC(=O)[C@H](CCN)NC1=O. The molecule has 0 spiro atoms. The molecule has 1 heterocycles. The van der Waals surface area contributed by atoms with Gasteiger partial charge in [-0.2, -0.15) is 0 Å². The summed E-state index contributed by atoms with van der Waals surface area (Å²) < 4.78 is 0. The zero-order chi connectivity index (χ0) is 53.8. The second-order valence-electron chi connectivity index (χ2n) is 18.6. The van der Waals surface area contributed by atoms with E-state index in [1.54, 1.807) is 44.2 Å². The Morgan fingerprint density at radius 3 is 1.69 bits per heavy atom. The molecule has 19 N–H and O–H groups in total. The van der Waals surface area contributed by atoms with Gasteiger partial charge in [0, 0.05) is 19.5 Å². The van der Waals surface area contributed by atoms with Crippen LogP contribution in [0.5, 0.6) is 0 Å². The quantitative estimate of drug-likeness (QED) is 0.0467. The van der Waals surface area contributed by atoms with Crippen LogP contribution in [-0.4, -0.2) is 157 Å². The van der Waals surface area contributed by atoms with Crippen molar-refractivity contribution in [2.24, 2.45) is 28.9 Å². The summed E-state index contributed by atoms with van der Waals surface area (Å²) >= 11 is 0. The lowest BCUT2D eigenvalue weighted by Crippen LogP contribution is -2.62. The predicted octanol–water partition coefficient (Wildman–Crippen LogP) is -3.83. The number of amides is 9. The molecule has 0 aromatic heterocycles. The molecule has 0 radical (unpaired) electrons. The molecule has 1 fully saturated rings. The van der Waals surface area contributed by atoms with Gasteiger partial charge in [0.2, 0.25) is 53.2 Å². The minimum atomic E-state index is -1.70. The molecule has 0 saturated carbocycles. The average molecular weight is 1020 g/mol. The van der Waals surface area contributed by atoms with Crippen LogP contribution in [0.1, 0.15) is 110 Å². The van der Waals surface area contributed by atoms with Crippen LogP contribution >= 0.6 is 0 Å². The highest BCUT2D eigenvalue weighted by atomic mass is 16.3. The fourth-order valence-electron chi connectivity index (χ4n) is 7.87. The van der Waals surface area contributed by atoms with E-state index >= 15 is 0 Å². The van der Waals surface area contributed by atoms with E-state index in [1.807, 2.05) is 0 Å². The van der Waals surface area contributed by atoms with Crippen molar-refractivity contribution >= 4 is 53.2 Å². The Morgan fingerprint density at radius 2 is 1.17 bits per heavy atom. The van der Waals surface area contributed by atoms with Gasteiger partial charge in [0.15, 0.2) is 0 Å². The highest BCUT2D eigenvalue weighted by Gasteiger charge is 2.36. The van der Waals surface area contributed by atoms with Gasteiger partial charge in [0.1, 0.15) is 48.3 Å². The lowest BCUT2D eigenvalue weighted by molar-refractivity contribution is -0.137. The largest absolute Gasteiger partial charge is 0.393 e. The number of nitrogens with one attached hydrogen (secondary N) is 9. The molecule has 1 aliphatic heterocycles. The lowest BCUT2D eigenvalue weighted by atomic mass is 10.0. The van der Waals surface area contributed by atoms with Crippen LogP contribution in [0.25, 0.3) is 0 Å². The molecular formula is C48H83N13O11. The van der Waals surface area contributed by atoms with Crippen molar-refractivity contribution in [3.63, 3.8) is 0 Å². The molecular weight excluding hydrogens is 935 g/mol. The van der Waals surface area contributed by atoms with Crippen LogP contribution in [-0.2, 0) is 49.6 Å². The Balaban J connectivity index is 2.64. The number of benzene rings is 1. The molecule has 0 bridgehead atoms. The number of carbonyl (C=O) groups is 9. The normalized spacial score (nSPS) is 23.7. The van der Waals surface area contributed by atoms with Crippen LogP contribution in [0.3, 0.4) is 0 Å². The summed E-state index contributed by atoms with van der Waals surface area (Å²) in [6.45, 7) is 5.88. The van der Waals surface area contributed by atoms with Crippen LogP contribution in [0.4, 0.5) is 0 Å². The highest BCUT2D eigenvalue weighted by molar-refractivity contribution is 5.98. The number of unbranched alkanes of at least 4 members (excludes halogenated alkanes) is 4. The highest BCUT2D eigenvalue weighted by Crippen LogP contribution is 2.12. The molecule has 1 saturated heterocycles. The summed E-state index contributed by atoms with van der Waals surface area (Å²) in [5.74, 6) is -7.80. The maximum atomic E-state index is 14.3. The van der Waals surface area contributed by atoms with Crippen LogP contribution in [0.2, 0.25) is 0 Å². The minimum Gasteiger partial charge on any atom is -0.393 e. The summed E-state index contributed by atoms with van der Waals surface area (Å²) in [4.78, 5) is 125. The smallest absolute Gasteiger partial charge is 0.245 e. The number of aliphatic hydroxyl groups excluding tert-OH is 2. The predicted molar refractivity (Wildman–Crippen MR) is 268 cm³/mol. The van der Waals surface area contributed by atoms with Crippen molar-refractivity contribution in [3.05, 3.63) is 35.9 Å². The Hall–Kier alpha value is -5.79. The Labute approximate surface area is 422 Å². The van der Waals surface area contributed by atoms with Gasteiger partial charge in [-0.1, -0.05) is 83.2 Å².